The smallest absolute Gasteiger partial charge is 0.251 e. The molecule has 152 valence electrons. The summed E-state index contributed by atoms with van der Waals surface area (Å²) in [7, 11) is 1.86. The second kappa shape index (κ2) is 8.32. The molecular formula is C21H23F2N5O. The SMILES string of the molecule is Cn1cc(-c2ccc3cnc(CC(=O)C4CCN(CC(F)F)CC4)cc3n2)cn1. The number of likely N-dealkylation sites (tertiary alicyclic amines) is 1. The molecule has 0 saturated carbocycles. The molecule has 3 aromatic heterocycles. The first-order chi connectivity index (χ1) is 14.0. The number of halogens is 2. The Balaban J connectivity index is 1.44. The summed E-state index contributed by atoms with van der Waals surface area (Å²) >= 11 is 0. The van der Waals surface area contributed by atoms with E-state index in [0.29, 0.717) is 31.6 Å². The highest BCUT2D eigenvalue weighted by Crippen LogP contribution is 2.23. The fourth-order valence-corrected chi connectivity index (χ4v) is 3.82. The summed E-state index contributed by atoms with van der Waals surface area (Å²) in [5.74, 6) is 0.0352. The lowest BCUT2D eigenvalue weighted by atomic mass is 9.90. The third kappa shape index (κ3) is 4.64. The van der Waals surface area contributed by atoms with Crippen LogP contribution in [0.15, 0.2) is 36.8 Å². The highest BCUT2D eigenvalue weighted by atomic mass is 19.3. The van der Waals surface area contributed by atoms with Crippen molar-refractivity contribution in [2.75, 3.05) is 19.6 Å². The monoisotopic (exact) mass is 399 g/mol. The molecule has 0 unspecified atom stereocenters. The van der Waals surface area contributed by atoms with Crippen molar-refractivity contribution in [3.05, 3.63) is 42.5 Å². The molecule has 4 rings (SSSR count). The van der Waals surface area contributed by atoms with E-state index in [0.717, 1.165) is 22.2 Å². The number of nitrogens with zero attached hydrogens (tertiary/aromatic N) is 5. The Kier molecular flexibility index (Phi) is 5.62. The molecule has 0 bridgehead atoms. The molecule has 1 saturated heterocycles. The van der Waals surface area contributed by atoms with Crippen LogP contribution in [0.2, 0.25) is 0 Å². The van der Waals surface area contributed by atoms with Gasteiger partial charge in [0.05, 0.1) is 24.0 Å². The van der Waals surface area contributed by atoms with Crippen molar-refractivity contribution in [2.45, 2.75) is 25.7 Å². The number of rotatable bonds is 6. The molecule has 0 atom stereocenters. The topological polar surface area (TPSA) is 63.9 Å². The molecule has 0 aliphatic carbocycles. The molecule has 0 N–H and O–H groups in total. The Morgan fingerprint density at radius 2 is 2.03 bits per heavy atom. The van der Waals surface area contributed by atoms with E-state index in [4.69, 9.17) is 4.98 Å². The molecule has 0 radical (unpaired) electrons. The van der Waals surface area contributed by atoms with Gasteiger partial charge in [0, 0.05) is 48.4 Å². The zero-order valence-corrected chi connectivity index (χ0v) is 16.3. The van der Waals surface area contributed by atoms with Gasteiger partial charge in [0.1, 0.15) is 5.78 Å². The number of aromatic nitrogens is 4. The zero-order valence-electron chi connectivity index (χ0n) is 16.3. The van der Waals surface area contributed by atoms with Gasteiger partial charge in [-0.3, -0.25) is 19.4 Å². The van der Waals surface area contributed by atoms with Crippen LogP contribution in [0.25, 0.3) is 22.2 Å². The van der Waals surface area contributed by atoms with Gasteiger partial charge in [0.2, 0.25) is 0 Å². The summed E-state index contributed by atoms with van der Waals surface area (Å²) in [6, 6.07) is 5.75. The van der Waals surface area contributed by atoms with Crippen LogP contribution in [0.4, 0.5) is 8.78 Å². The predicted octanol–water partition coefficient (Wildman–Crippen LogP) is 3.12. The minimum absolute atomic E-state index is 0.0869. The minimum Gasteiger partial charge on any atom is -0.299 e. The van der Waals surface area contributed by atoms with Gasteiger partial charge in [0.25, 0.3) is 6.43 Å². The minimum atomic E-state index is -2.33. The molecule has 0 spiro atoms. The normalized spacial score (nSPS) is 16.0. The summed E-state index contributed by atoms with van der Waals surface area (Å²) in [4.78, 5) is 23.5. The number of Topliss-reactive ketones (excluding diaryl/α,β-unsaturated/α-hetero) is 1. The van der Waals surface area contributed by atoms with Gasteiger partial charge in [0.15, 0.2) is 0 Å². The standard InChI is InChI=1S/C21H23F2N5O/c1-27-12-16(11-25-27)18-3-2-15-10-24-17(8-19(15)26-18)9-20(29)14-4-6-28(7-5-14)13-21(22)23/h2-3,8,10-12,14,21H,4-7,9,13H2,1H3. The summed E-state index contributed by atoms with van der Waals surface area (Å²) < 4.78 is 26.7. The lowest BCUT2D eigenvalue weighted by Crippen LogP contribution is -2.39. The van der Waals surface area contributed by atoms with Crippen LogP contribution in [-0.2, 0) is 18.3 Å². The van der Waals surface area contributed by atoms with Crippen molar-refractivity contribution < 1.29 is 13.6 Å². The zero-order chi connectivity index (χ0) is 20.4. The van der Waals surface area contributed by atoms with Crippen molar-refractivity contribution >= 4 is 16.7 Å². The van der Waals surface area contributed by atoms with Crippen molar-refractivity contribution in [2.24, 2.45) is 13.0 Å². The van der Waals surface area contributed by atoms with Crippen molar-refractivity contribution in [3.8, 4) is 11.3 Å². The quantitative estimate of drug-likeness (QED) is 0.637. The maximum atomic E-state index is 12.7. The molecule has 0 amide bonds. The lowest BCUT2D eigenvalue weighted by molar-refractivity contribution is -0.123. The summed E-state index contributed by atoms with van der Waals surface area (Å²) in [6.07, 6.45) is 4.58. The van der Waals surface area contributed by atoms with E-state index in [2.05, 4.69) is 10.1 Å². The molecule has 1 aliphatic rings. The van der Waals surface area contributed by atoms with Crippen LogP contribution in [0.3, 0.4) is 0 Å². The molecule has 8 heteroatoms. The summed E-state index contributed by atoms with van der Waals surface area (Å²) in [5, 5.41) is 5.09. The number of hydrogen-bond acceptors (Lipinski definition) is 5. The van der Waals surface area contributed by atoms with Gasteiger partial charge in [-0.2, -0.15) is 5.10 Å². The maximum absolute atomic E-state index is 12.7. The maximum Gasteiger partial charge on any atom is 0.251 e. The average molecular weight is 399 g/mol. The molecule has 3 aromatic rings. The first kappa shape index (κ1) is 19.6. The van der Waals surface area contributed by atoms with E-state index in [1.165, 1.54) is 0 Å². The molecule has 29 heavy (non-hydrogen) atoms. The number of carbonyl (C=O) groups is 1. The third-order valence-corrected chi connectivity index (χ3v) is 5.43. The first-order valence-corrected chi connectivity index (χ1v) is 9.76. The van der Waals surface area contributed by atoms with E-state index >= 15 is 0 Å². The number of alkyl halides is 2. The van der Waals surface area contributed by atoms with Crippen LogP contribution in [-0.4, -0.2) is 56.5 Å². The number of aryl methyl sites for hydroxylation is 1. The summed E-state index contributed by atoms with van der Waals surface area (Å²) in [6.45, 7) is 0.877. The van der Waals surface area contributed by atoms with E-state index in [-0.39, 0.29) is 24.7 Å². The van der Waals surface area contributed by atoms with Gasteiger partial charge in [-0.15, -0.1) is 0 Å². The van der Waals surface area contributed by atoms with Crippen molar-refractivity contribution in [1.29, 1.82) is 0 Å². The van der Waals surface area contributed by atoms with Gasteiger partial charge < -0.3 is 0 Å². The lowest BCUT2D eigenvalue weighted by Gasteiger charge is -2.30. The Hall–Kier alpha value is -2.74. The number of ketones is 1. The van der Waals surface area contributed by atoms with Crippen LogP contribution < -0.4 is 0 Å². The predicted molar refractivity (Wildman–Crippen MR) is 106 cm³/mol. The molecule has 1 fully saturated rings. The Morgan fingerprint density at radius 3 is 2.72 bits per heavy atom. The van der Waals surface area contributed by atoms with E-state index in [9.17, 15) is 13.6 Å². The van der Waals surface area contributed by atoms with E-state index in [1.807, 2.05) is 31.4 Å². The van der Waals surface area contributed by atoms with Crippen LogP contribution in [0, 0.1) is 5.92 Å². The molecule has 1 aliphatic heterocycles. The second-order valence-corrected chi connectivity index (χ2v) is 7.58. The largest absolute Gasteiger partial charge is 0.299 e. The molecular weight excluding hydrogens is 376 g/mol. The summed E-state index contributed by atoms with van der Waals surface area (Å²) in [5.41, 5.74) is 3.23. The number of piperidine rings is 1. The second-order valence-electron chi connectivity index (χ2n) is 7.58. The van der Waals surface area contributed by atoms with Crippen molar-refractivity contribution in [3.63, 3.8) is 0 Å². The molecule has 6 nitrogen and oxygen atoms in total. The van der Waals surface area contributed by atoms with Gasteiger partial charge >= 0.3 is 0 Å². The highest BCUT2D eigenvalue weighted by molar-refractivity contribution is 5.85. The van der Waals surface area contributed by atoms with E-state index in [1.54, 1.807) is 22.0 Å². The number of carbonyl (C=O) groups excluding carboxylic acids is 1. The van der Waals surface area contributed by atoms with Gasteiger partial charge in [-0.25, -0.2) is 13.8 Å². The van der Waals surface area contributed by atoms with Gasteiger partial charge in [-0.05, 0) is 44.1 Å². The van der Waals surface area contributed by atoms with E-state index < -0.39 is 6.43 Å². The fourth-order valence-electron chi connectivity index (χ4n) is 3.82. The third-order valence-electron chi connectivity index (χ3n) is 5.43. The Labute approximate surface area is 167 Å². The number of hydrogen-bond donors (Lipinski definition) is 0. The number of pyridine rings is 2. The van der Waals surface area contributed by atoms with Crippen LogP contribution in [0.5, 0.6) is 0 Å². The molecule has 4 heterocycles. The number of fused-ring (bicyclic) bond motifs is 1. The van der Waals surface area contributed by atoms with Crippen molar-refractivity contribution in [1.82, 2.24) is 24.6 Å². The van der Waals surface area contributed by atoms with Gasteiger partial charge in [-0.1, -0.05) is 0 Å². The van der Waals surface area contributed by atoms with Crippen LogP contribution in [0.1, 0.15) is 18.5 Å². The molecule has 0 aromatic carbocycles. The fraction of sp³-hybridized carbons (Fsp3) is 0.429. The highest BCUT2D eigenvalue weighted by Gasteiger charge is 2.26. The Bertz CT molecular complexity index is 1010. The Morgan fingerprint density at radius 1 is 1.24 bits per heavy atom. The average Bonchev–Trinajstić information content (AvgIpc) is 3.14. The van der Waals surface area contributed by atoms with Crippen LogP contribution >= 0.6 is 0 Å². The first-order valence-electron chi connectivity index (χ1n) is 9.76.